The molecule has 0 spiro atoms. The van der Waals surface area contributed by atoms with Crippen LogP contribution >= 0.6 is 23.2 Å². The molecule has 0 aromatic carbocycles. The Balaban J connectivity index is 1.97. The number of hydrogen-bond donors (Lipinski definition) is 1. The number of rotatable bonds is 2. The van der Waals surface area contributed by atoms with Gasteiger partial charge in [-0.2, -0.15) is 0 Å². The Morgan fingerprint density at radius 3 is 2.36 bits per heavy atom. The summed E-state index contributed by atoms with van der Waals surface area (Å²) in [5.74, 6) is 0. The van der Waals surface area contributed by atoms with Crippen LogP contribution in [0.5, 0.6) is 0 Å². The van der Waals surface area contributed by atoms with Crippen molar-refractivity contribution in [3.05, 3.63) is 10.6 Å². The molecule has 2 rings (SSSR count). The van der Waals surface area contributed by atoms with Crippen molar-refractivity contribution in [3.8, 4) is 0 Å². The van der Waals surface area contributed by atoms with Crippen molar-refractivity contribution >= 4 is 23.2 Å². The lowest BCUT2D eigenvalue weighted by Gasteiger charge is -2.36. The molecule has 0 aromatic heterocycles. The lowest BCUT2D eigenvalue weighted by molar-refractivity contribution is 0.144. The molecule has 2 N–H and O–H groups in total. The van der Waals surface area contributed by atoms with Gasteiger partial charge in [-0.1, -0.05) is 23.2 Å². The molecule has 0 amide bonds. The van der Waals surface area contributed by atoms with Gasteiger partial charge in [0.05, 0.1) is 0 Å². The Bertz CT molecular complexity index is 224. The fourth-order valence-corrected chi connectivity index (χ4v) is 2.93. The molecule has 2 fully saturated rings. The highest BCUT2D eigenvalue weighted by molar-refractivity contribution is 6.55. The highest BCUT2D eigenvalue weighted by atomic mass is 35.5. The predicted molar refractivity (Wildman–Crippen MR) is 60.5 cm³/mol. The third kappa shape index (κ3) is 2.25. The van der Waals surface area contributed by atoms with Crippen molar-refractivity contribution < 1.29 is 0 Å². The summed E-state index contributed by atoms with van der Waals surface area (Å²) in [7, 11) is 0. The largest absolute Gasteiger partial charge is 0.328 e. The first-order valence-corrected chi connectivity index (χ1v) is 5.95. The molecule has 2 unspecified atom stereocenters. The van der Waals surface area contributed by atoms with E-state index in [2.05, 4.69) is 4.90 Å². The zero-order chi connectivity index (χ0) is 10.1. The standard InChI is InChI=1S/C10H16Cl2N2/c11-10(12)3-4-14-8-1-2-9(14)6-7(13)5-8/h3,7-9H,1-2,4-6,13H2. The SMILES string of the molecule is NC1CC2CCC(C1)N2CC=C(Cl)Cl. The van der Waals surface area contributed by atoms with Gasteiger partial charge in [-0.25, -0.2) is 0 Å². The van der Waals surface area contributed by atoms with Crippen molar-refractivity contribution in [2.45, 2.75) is 43.8 Å². The van der Waals surface area contributed by atoms with Crippen molar-refractivity contribution in [1.29, 1.82) is 0 Å². The Labute approximate surface area is 95.0 Å². The van der Waals surface area contributed by atoms with Crippen LogP contribution in [0.3, 0.4) is 0 Å². The summed E-state index contributed by atoms with van der Waals surface area (Å²) in [4.78, 5) is 2.49. The van der Waals surface area contributed by atoms with E-state index in [4.69, 9.17) is 28.9 Å². The van der Waals surface area contributed by atoms with Crippen LogP contribution in [0.15, 0.2) is 10.6 Å². The minimum absolute atomic E-state index is 0.374. The number of halogens is 2. The molecular weight excluding hydrogens is 219 g/mol. The molecule has 0 aromatic rings. The van der Waals surface area contributed by atoms with E-state index in [1.54, 1.807) is 0 Å². The molecule has 2 bridgehead atoms. The van der Waals surface area contributed by atoms with E-state index in [-0.39, 0.29) is 0 Å². The van der Waals surface area contributed by atoms with Gasteiger partial charge < -0.3 is 5.73 Å². The molecule has 80 valence electrons. The smallest absolute Gasteiger partial charge is 0.104 e. The molecule has 14 heavy (non-hydrogen) atoms. The fourth-order valence-electron chi connectivity index (χ4n) is 2.79. The van der Waals surface area contributed by atoms with E-state index < -0.39 is 0 Å². The van der Waals surface area contributed by atoms with Crippen LogP contribution in [0.4, 0.5) is 0 Å². The van der Waals surface area contributed by atoms with E-state index in [1.807, 2.05) is 6.08 Å². The lowest BCUT2D eigenvalue weighted by atomic mass is 9.98. The minimum atomic E-state index is 0.374. The third-order valence-electron chi connectivity index (χ3n) is 3.38. The van der Waals surface area contributed by atoms with Gasteiger partial charge in [0.1, 0.15) is 4.49 Å². The summed E-state index contributed by atoms with van der Waals surface area (Å²) in [5.41, 5.74) is 5.98. The quantitative estimate of drug-likeness (QED) is 0.795. The number of hydrogen-bond acceptors (Lipinski definition) is 2. The lowest BCUT2D eigenvalue weighted by Crippen LogP contribution is -2.47. The van der Waals surface area contributed by atoms with Crippen molar-refractivity contribution in [2.75, 3.05) is 6.54 Å². The molecule has 2 heterocycles. The minimum Gasteiger partial charge on any atom is -0.328 e. The zero-order valence-corrected chi connectivity index (χ0v) is 9.64. The van der Waals surface area contributed by atoms with Crippen LogP contribution in [-0.2, 0) is 0 Å². The normalized spacial score (nSPS) is 37.2. The van der Waals surface area contributed by atoms with E-state index in [0.717, 1.165) is 19.4 Å². The van der Waals surface area contributed by atoms with Crippen molar-refractivity contribution in [3.63, 3.8) is 0 Å². The maximum atomic E-state index is 5.98. The van der Waals surface area contributed by atoms with E-state index in [0.29, 0.717) is 22.6 Å². The molecular formula is C10H16Cl2N2. The number of nitrogens with two attached hydrogens (primary N) is 1. The fraction of sp³-hybridized carbons (Fsp3) is 0.800. The van der Waals surface area contributed by atoms with Crippen LogP contribution in [0, 0.1) is 0 Å². The Hall–Kier alpha value is 0.240. The maximum absolute atomic E-state index is 5.98. The Kier molecular flexibility index (Phi) is 3.38. The van der Waals surface area contributed by atoms with Crippen LogP contribution in [-0.4, -0.2) is 29.6 Å². The predicted octanol–water partition coefficient (Wildman–Crippen LogP) is 2.26. The summed E-state index contributed by atoms with van der Waals surface area (Å²) < 4.78 is 0.374. The van der Waals surface area contributed by atoms with Gasteiger partial charge in [0, 0.05) is 24.7 Å². The Morgan fingerprint density at radius 1 is 1.29 bits per heavy atom. The first-order chi connectivity index (χ1) is 6.66. The van der Waals surface area contributed by atoms with Gasteiger partial charge in [-0.15, -0.1) is 0 Å². The first kappa shape index (κ1) is 10.7. The van der Waals surface area contributed by atoms with Gasteiger partial charge in [0.25, 0.3) is 0 Å². The van der Waals surface area contributed by atoms with E-state index in [1.165, 1.54) is 12.8 Å². The second-order valence-electron chi connectivity index (χ2n) is 4.31. The van der Waals surface area contributed by atoms with Gasteiger partial charge in [-0.3, -0.25) is 4.90 Å². The van der Waals surface area contributed by atoms with Crippen LogP contribution < -0.4 is 5.73 Å². The zero-order valence-electron chi connectivity index (χ0n) is 8.13. The number of fused-ring (bicyclic) bond motifs is 2. The molecule has 2 nitrogen and oxygen atoms in total. The molecule has 0 radical (unpaired) electrons. The van der Waals surface area contributed by atoms with Crippen LogP contribution in [0.2, 0.25) is 0 Å². The van der Waals surface area contributed by atoms with Crippen LogP contribution in [0.1, 0.15) is 25.7 Å². The van der Waals surface area contributed by atoms with Gasteiger partial charge >= 0.3 is 0 Å². The topological polar surface area (TPSA) is 29.3 Å². The Morgan fingerprint density at radius 2 is 1.86 bits per heavy atom. The van der Waals surface area contributed by atoms with Gasteiger partial charge in [0.15, 0.2) is 0 Å². The molecule has 4 heteroatoms. The molecule has 2 aliphatic heterocycles. The van der Waals surface area contributed by atoms with Crippen LogP contribution in [0.25, 0.3) is 0 Å². The van der Waals surface area contributed by atoms with Crippen molar-refractivity contribution in [1.82, 2.24) is 4.90 Å². The summed E-state index contributed by atoms with van der Waals surface area (Å²) in [6.07, 6.45) is 6.71. The summed E-state index contributed by atoms with van der Waals surface area (Å²) in [6.45, 7) is 0.879. The maximum Gasteiger partial charge on any atom is 0.104 e. The first-order valence-electron chi connectivity index (χ1n) is 5.19. The second kappa shape index (κ2) is 4.40. The van der Waals surface area contributed by atoms with E-state index >= 15 is 0 Å². The van der Waals surface area contributed by atoms with Gasteiger partial charge in [0.2, 0.25) is 0 Å². The third-order valence-corrected chi connectivity index (χ3v) is 3.69. The molecule has 2 saturated heterocycles. The van der Waals surface area contributed by atoms with Gasteiger partial charge in [-0.05, 0) is 31.8 Å². The summed E-state index contributed by atoms with van der Waals surface area (Å²) >= 11 is 11.2. The molecule has 0 saturated carbocycles. The molecule has 2 aliphatic rings. The summed E-state index contributed by atoms with van der Waals surface area (Å²) in [6, 6.07) is 1.72. The summed E-state index contributed by atoms with van der Waals surface area (Å²) in [5, 5.41) is 0. The number of nitrogens with zero attached hydrogens (tertiary/aromatic N) is 1. The van der Waals surface area contributed by atoms with E-state index in [9.17, 15) is 0 Å². The highest BCUT2D eigenvalue weighted by Crippen LogP contribution is 2.34. The molecule has 0 aliphatic carbocycles. The average molecular weight is 235 g/mol. The van der Waals surface area contributed by atoms with Crippen molar-refractivity contribution in [2.24, 2.45) is 5.73 Å². The second-order valence-corrected chi connectivity index (χ2v) is 5.31. The number of piperidine rings is 1. The monoisotopic (exact) mass is 234 g/mol. The highest BCUT2D eigenvalue weighted by Gasteiger charge is 2.38. The average Bonchev–Trinajstić information content (AvgIpc) is 2.34. The molecule has 2 atom stereocenters.